The highest BCUT2D eigenvalue weighted by Gasteiger charge is 2.23. The molecule has 9 heteroatoms. The fourth-order valence-electron chi connectivity index (χ4n) is 3.72. The molecule has 0 saturated carbocycles. The van der Waals surface area contributed by atoms with Crippen LogP contribution in [-0.4, -0.2) is 44.8 Å². The van der Waals surface area contributed by atoms with Crippen LogP contribution < -0.4 is 16.0 Å². The fraction of sp³-hybridized carbons (Fsp3) is 0.333. The largest absolute Gasteiger partial charge is 0.354 e. The summed E-state index contributed by atoms with van der Waals surface area (Å²) in [5.41, 5.74) is 7.46. The molecule has 3 heterocycles. The van der Waals surface area contributed by atoms with Crippen LogP contribution in [0.25, 0.3) is 11.3 Å². The summed E-state index contributed by atoms with van der Waals surface area (Å²) in [6, 6.07) is 6.33. The fourth-order valence-corrected chi connectivity index (χ4v) is 3.72. The predicted molar refractivity (Wildman–Crippen MR) is 113 cm³/mol. The third-order valence-electron chi connectivity index (χ3n) is 5.18. The highest BCUT2D eigenvalue weighted by atomic mass is 19.1. The summed E-state index contributed by atoms with van der Waals surface area (Å²) < 4.78 is 15.8. The van der Waals surface area contributed by atoms with Crippen LogP contribution in [0.4, 0.5) is 15.9 Å². The van der Waals surface area contributed by atoms with E-state index >= 15 is 0 Å². The van der Waals surface area contributed by atoms with E-state index in [0.717, 1.165) is 31.6 Å². The molecule has 1 fully saturated rings. The minimum Gasteiger partial charge on any atom is -0.354 e. The lowest BCUT2D eigenvalue weighted by Crippen LogP contribution is -2.37. The summed E-state index contributed by atoms with van der Waals surface area (Å²) in [5.74, 6) is -0.0515. The van der Waals surface area contributed by atoms with E-state index in [2.05, 4.69) is 25.3 Å². The van der Waals surface area contributed by atoms with Gasteiger partial charge in [-0.1, -0.05) is 18.6 Å². The smallest absolute Gasteiger partial charge is 0.276 e. The molecule has 0 bridgehead atoms. The van der Waals surface area contributed by atoms with Gasteiger partial charge in [0.15, 0.2) is 5.82 Å². The lowest BCUT2D eigenvalue weighted by atomic mass is 10.1. The maximum atomic E-state index is 14.1. The summed E-state index contributed by atoms with van der Waals surface area (Å²) in [6.45, 7) is 1.55. The normalized spacial score (nSPS) is 16.9. The highest BCUT2D eigenvalue weighted by molar-refractivity contribution is 6.04. The zero-order valence-electron chi connectivity index (χ0n) is 16.8. The standard InChI is InChI=1S/C21H24FN7O/c1-28-21(29-9-5-4-6-14(23)13-29)19(12-25-28)27-20(30)18-11-24-10-17(26-18)15-7-2-3-8-16(15)22/h2-3,7-8,10-12,14H,4-6,9,13,23H2,1H3,(H,27,30)/t14-/m1/s1. The maximum absolute atomic E-state index is 14.1. The van der Waals surface area contributed by atoms with Gasteiger partial charge in [0.25, 0.3) is 5.91 Å². The Balaban J connectivity index is 1.58. The monoisotopic (exact) mass is 409 g/mol. The third kappa shape index (κ3) is 4.16. The number of halogens is 1. The van der Waals surface area contributed by atoms with Crippen molar-refractivity contribution < 1.29 is 9.18 Å². The molecule has 1 aromatic carbocycles. The molecule has 0 radical (unpaired) electrons. The zero-order chi connectivity index (χ0) is 21.1. The number of carbonyl (C=O) groups excluding carboxylic acids is 1. The number of nitrogens with two attached hydrogens (primary N) is 1. The van der Waals surface area contributed by atoms with Crippen molar-refractivity contribution in [2.45, 2.75) is 25.3 Å². The number of nitrogens with zero attached hydrogens (tertiary/aromatic N) is 5. The second-order valence-corrected chi connectivity index (χ2v) is 7.43. The first-order chi connectivity index (χ1) is 14.5. The summed E-state index contributed by atoms with van der Waals surface area (Å²) in [6.07, 6.45) is 7.49. The Kier molecular flexibility index (Phi) is 5.71. The molecule has 1 atom stereocenters. The first kappa shape index (κ1) is 20.0. The van der Waals surface area contributed by atoms with Crippen molar-refractivity contribution >= 4 is 17.4 Å². The van der Waals surface area contributed by atoms with Crippen molar-refractivity contribution in [3.05, 3.63) is 54.4 Å². The van der Waals surface area contributed by atoms with Gasteiger partial charge in [0.05, 0.1) is 24.3 Å². The summed E-state index contributed by atoms with van der Waals surface area (Å²) >= 11 is 0. The van der Waals surface area contributed by atoms with Crippen LogP contribution in [0.3, 0.4) is 0 Å². The highest BCUT2D eigenvalue weighted by Crippen LogP contribution is 2.28. The predicted octanol–water partition coefficient (Wildman–Crippen LogP) is 2.59. The number of carbonyl (C=O) groups is 1. The number of hydrogen-bond acceptors (Lipinski definition) is 6. The van der Waals surface area contributed by atoms with Gasteiger partial charge in [0, 0.05) is 31.7 Å². The summed E-state index contributed by atoms with van der Waals surface area (Å²) in [4.78, 5) is 23.4. The Morgan fingerprint density at radius 1 is 1.23 bits per heavy atom. The topological polar surface area (TPSA) is 102 Å². The molecule has 3 N–H and O–H groups in total. The molecule has 1 aliphatic heterocycles. The molecule has 156 valence electrons. The average Bonchev–Trinajstić information content (AvgIpc) is 2.96. The first-order valence-corrected chi connectivity index (χ1v) is 9.94. The molecule has 8 nitrogen and oxygen atoms in total. The molecule has 0 spiro atoms. The molecule has 1 saturated heterocycles. The number of benzene rings is 1. The van der Waals surface area contributed by atoms with Gasteiger partial charge in [-0.2, -0.15) is 5.10 Å². The molecular formula is C21H24FN7O. The van der Waals surface area contributed by atoms with Gasteiger partial charge in [0.2, 0.25) is 0 Å². The Morgan fingerprint density at radius 3 is 2.90 bits per heavy atom. The average molecular weight is 409 g/mol. The lowest BCUT2D eigenvalue weighted by Gasteiger charge is -2.25. The number of aryl methyl sites for hydroxylation is 1. The van der Waals surface area contributed by atoms with E-state index in [1.165, 1.54) is 18.5 Å². The van der Waals surface area contributed by atoms with E-state index in [9.17, 15) is 9.18 Å². The number of nitrogens with one attached hydrogen (secondary N) is 1. The third-order valence-corrected chi connectivity index (χ3v) is 5.18. The first-order valence-electron chi connectivity index (χ1n) is 9.94. The van der Waals surface area contributed by atoms with Crippen LogP contribution in [0.15, 0.2) is 42.9 Å². The van der Waals surface area contributed by atoms with E-state index in [1.54, 1.807) is 29.1 Å². The van der Waals surface area contributed by atoms with Crippen LogP contribution in [0.1, 0.15) is 29.8 Å². The molecular weight excluding hydrogens is 385 g/mol. The maximum Gasteiger partial charge on any atom is 0.276 e. The number of hydrogen-bond donors (Lipinski definition) is 2. The van der Waals surface area contributed by atoms with Crippen LogP contribution in [0, 0.1) is 5.82 Å². The van der Waals surface area contributed by atoms with Gasteiger partial charge in [-0.05, 0) is 25.0 Å². The minimum atomic E-state index is -0.436. The second kappa shape index (κ2) is 8.58. The molecule has 3 aromatic rings. The van der Waals surface area contributed by atoms with Crippen LogP contribution in [-0.2, 0) is 7.05 Å². The number of rotatable bonds is 4. The molecule has 30 heavy (non-hydrogen) atoms. The zero-order valence-corrected chi connectivity index (χ0v) is 16.8. The SMILES string of the molecule is Cn1ncc(NC(=O)c2cncc(-c3ccccc3F)n2)c1N1CCCC[C@@H](N)C1. The van der Waals surface area contributed by atoms with Gasteiger partial charge in [-0.25, -0.2) is 9.37 Å². The van der Waals surface area contributed by atoms with Crippen LogP contribution >= 0.6 is 0 Å². The number of amides is 1. The van der Waals surface area contributed by atoms with E-state index < -0.39 is 11.7 Å². The molecule has 0 unspecified atom stereocenters. The molecule has 1 amide bonds. The van der Waals surface area contributed by atoms with E-state index in [4.69, 9.17) is 5.73 Å². The van der Waals surface area contributed by atoms with Gasteiger partial charge in [-0.15, -0.1) is 0 Å². The van der Waals surface area contributed by atoms with Gasteiger partial charge >= 0.3 is 0 Å². The Hall–Kier alpha value is -3.33. The summed E-state index contributed by atoms with van der Waals surface area (Å²) in [5, 5.41) is 7.18. The van der Waals surface area contributed by atoms with Crippen molar-refractivity contribution in [3.63, 3.8) is 0 Å². The number of anilines is 2. The van der Waals surface area contributed by atoms with Crippen LogP contribution in [0.2, 0.25) is 0 Å². The Labute approximate surface area is 173 Å². The Bertz CT molecular complexity index is 1050. The van der Waals surface area contributed by atoms with Gasteiger partial charge < -0.3 is 16.0 Å². The molecule has 4 rings (SSSR count). The van der Waals surface area contributed by atoms with Crippen LogP contribution in [0.5, 0.6) is 0 Å². The lowest BCUT2D eigenvalue weighted by molar-refractivity contribution is 0.102. The van der Waals surface area contributed by atoms with Crippen molar-refractivity contribution in [1.82, 2.24) is 19.7 Å². The van der Waals surface area contributed by atoms with Crippen molar-refractivity contribution in [2.75, 3.05) is 23.3 Å². The minimum absolute atomic E-state index is 0.0780. The molecule has 2 aromatic heterocycles. The van der Waals surface area contributed by atoms with Gasteiger partial charge in [0.1, 0.15) is 17.2 Å². The molecule has 1 aliphatic rings. The van der Waals surface area contributed by atoms with Gasteiger partial charge in [-0.3, -0.25) is 14.5 Å². The van der Waals surface area contributed by atoms with E-state index in [0.29, 0.717) is 23.5 Å². The quantitative estimate of drug-likeness (QED) is 0.687. The van der Waals surface area contributed by atoms with Crippen molar-refractivity contribution in [2.24, 2.45) is 12.8 Å². The second-order valence-electron chi connectivity index (χ2n) is 7.43. The molecule has 0 aliphatic carbocycles. The number of aromatic nitrogens is 4. The van der Waals surface area contributed by atoms with Crippen molar-refractivity contribution in [3.8, 4) is 11.3 Å². The van der Waals surface area contributed by atoms with E-state index in [-0.39, 0.29) is 11.7 Å². The summed E-state index contributed by atoms with van der Waals surface area (Å²) in [7, 11) is 1.83. The van der Waals surface area contributed by atoms with E-state index in [1.807, 2.05) is 7.05 Å². The van der Waals surface area contributed by atoms with Crippen molar-refractivity contribution in [1.29, 1.82) is 0 Å². The Morgan fingerprint density at radius 2 is 2.07 bits per heavy atom.